The second-order valence-corrected chi connectivity index (χ2v) is 7.10. The van der Waals surface area contributed by atoms with Crippen molar-refractivity contribution in [2.24, 2.45) is 5.92 Å². The average molecular weight is 293 g/mol. The molecule has 0 saturated heterocycles. The number of carbonyl (C=O) groups is 1. The normalized spacial score (nSPS) is 20.3. The van der Waals surface area contributed by atoms with Crippen molar-refractivity contribution >= 4 is 16.0 Å². The van der Waals surface area contributed by atoms with E-state index in [1.165, 1.54) is 19.8 Å². The minimum Gasteiger partial charge on any atom is -0.480 e. The molecule has 2 atom stereocenters. The molecule has 1 aliphatic rings. The Morgan fingerprint density at radius 1 is 1.37 bits per heavy atom. The van der Waals surface area contributed by atoms with Crippen molar-refractivity contribution in [1.82, 2.24) is 4.72 Å². The summed E-state index contributed by atoms with van der Waals surface area (Å²) in [7, 11) is -3.58. The van der Waals surface area contributed by atoms with Crippen LogP contribution in [-0.2, 0) is 19.6 Å². The van der Waals surface area contributed by atoms with Crippen LogP contribution in [0.25, 0.3) is 0 Å². The standard InChI is InChI=1S/C12H23NO5S/c1-9(7-18-11-5-3-4-6-11)8-19(16,17)13-10(2)12(14)15/h9-11,13H,3-8H2,1-2H3,(H,14,15)/t9?,10-/m0/s1. The summed E-state index contributed by atoms with van der Waals surface area (Å²) >= 11 is 0. The van der Waals surface area contributed by atoms with Gasteiger partial charge < -0.3 is 9.84 Å². The average Bonchev–Trinajstić information content (AvgIpc) is 2.77. The summed E-state index contributed by atoms with van der Waals surface area (Å²) in [5.74, 6) is -1.45. The fourth-order valence-electron chi connectivity index (χ4n) is 2.15. The van der Waals surface area contributed by atoms with Crippen LogP contribution >= 0.6 is 0 Å². The van der Waals surface area contributed by atoms with Gasteiger partial charge in [0.15, 0.2) is 0 Å². The Balaban J connectivity index is 2.33. The van der Waals surface area contributed by atoms with Gasteiger partial charge in [0.2, 0.25) is 10.0 Å². The van der Waals surface area contributed by atoms with E-state index in [1.54, 1.807) is 6.92 Å². The van der Waals surface area contributed by atoms with Crippen molar-refractivity contribution in [1.29, 1.82) is 0 Å². The van der Waals surface area contributed by atoms with Crippen LogP contribution in [-0.4, -0.2) is 44.0 Å². The molecule has 1 aliphatic carbocycles. The van der Waals surface area contributed by atoms with Gasteiger partial charge in [-0.05, 0) is 25.7 Å². The highest BCUT2D eigenvalue weighted by atomic mass is 32.2. The molecule has 0 bridgehead atoms. The molecule has 1 rings (SSSR count). The minimum atomic E-state index is -3.58. The van der Waals surface area contributed by atoms with Crippen molar-refractivity contribution in [3.8, 4) is 0 Å². The number of hydrogen-bond donors (Lipinski definition) is 2. The Kier molecular flexibility index (Phi) is 6.22. The first kappa shape index (κ1) is 16.4. The van der Waals surface area contributed by atoms with Gasteiger partial charge in [0.05, 0.1) is 18.5 Å². The van der Waals surface area contributed by atoms with Gasteiger partial charge in [-0.25, -0.2) is 13.1 Å². The maximum atomic E-state index is 11.7. The SMILES string of the molecule is CC(COC1CCCC1)CS(=O)(=O)N[C@@H](C)C(=O)O. The minimum absolute atomic E-state index is 0.114. The van der Waals surface area contributed by atoms with Gasteiger partial charge in [0.25, 0.3) is 0 Å². The van der Waals surface area contributed by atoms with E-state index in [4.69, 9.17) is 9.84 Å². The van der Waals surface area contributed by atoms with Crippen LogP contribution in [0.15, 0.2) is 0 Å². The number of ether oxygens (including phenoxy) is 1. The third-order valence-electron chi connectivity index (χ3n) is 3.15. The van der Waals surface area contributed by atoms with Gasteiger partial charge in [0.1, 0.15) is 6.04 Å². The van der Waals surface area contributed by atoms with Crippen molar-refractivity contribution in [3.05, 3.63) is 0 Å². The molecule has 0 radical (unpaired) electrons. The molecule has 0 aliphatic heterocycles. The predicted molar refractivity (Wildman–Crippen MR) is 71.4 cm³/mol. The molecule has 6 nitrogen and oxygen atoms in total. The Bertz CT molecular complexity index is 389. The summed E-state index contributed by atoms with van der Waals surface area (Å²) in [6, 6.07) is -1.10. The lowest BCUT2D eigenvalue weighted by Crippen LogP contribution is -2.41. The molecule has 0 aromatic rings. The zero-order chi connectivity index (χ0) is 14.5. The zero-order valence-electron chi connectivity index (χ0n) is 11.5. The van der Waals surface area contributed by atoms with E-state index in [1.807, 2.05) is 0 Å². The number of sulfonamides is 1. The largest absolute Gasteiger partial charge is 0.480 e. The second-order valence-electron chi connectivity index (χ2n) is 5.30. The highest BCUT2D eigenvalue weighted by molar-refractivity contribution is 7.89. The van der Waals surface area contributed by atoms with Crippen LogP contribution in [0.2, 0.25) is 0 Å². The van der Waals surface area contributed by atoms with Crippen LogP contribution in [0.5, 0.6) is 0 Å². The van der Waals surface area contributed by atoms with E-state index in [0.717, 1.165) is 12.8 Å². The van der Waals surface area contributed by atoms with Gasteiger partial charge in [-0.1, -0.05) is 19.8 Å². The summed E-state index contributed by atoms with van der Waals surface area (Å²) in [5.41, 5.74) is 0. The van der Waals surface area contributed by atoms with Crippen molar-refractivity contribution in [3.63, 3.8) is 0 Å². The Labute approximate surface area is 114 Å². The molecule has 7 heteroatoms. The fraction of sp³-hybridized carbons (Fsp3) is 0.917. The number of aliphatic carboxylic acids is 1. The Morgan fingerprint density at radius 2 is 1.95 bits per heavy atom. The van der Waals surface area contributed by atoms with E-state index in [2.05, 4.69) is 4.72 Å². The first-order chi connectivity index (χ1) is 8.80. The predicted octanol–water partition coefficient (Wildman–Crippen LogP) is 0.974. The number of rotatable bonds is 8. The molecule has 112 valence electrons. The molecule has 0 aromatic carbocycles. The zero-order valence-corrected chi connectivity index (χ0v) is 12.3. The van der Waals surface area contributed by atoms with Gasteiger partial charge in [-0.15, -0.1) is 0 Å². The van der Waals surface area contributed by atoms with E-state index in [0.29, 0.717) is 6.61 Å². The quantitative estimate of drug-likeness (QED) is 0.695. The lowest BCUT2D eigenvalue weighted by Gasteiger charge is -2.17. The third-order valence-corrected chi connectivity index (χ3v) is 4.87. The van der Waals surface area contributed by atoms with Gasteiger partial charge in [-0.3, -0.25) is 4.79 Å². The van der Waals surface area contributed by atoms with Gasteiger partial charge >= 0.3 is 5.97 Å². The first-order valence-electron chi connectivity index (χ1n) is 6.64. The molecule has 1 fully saturated rings. The van der Waals surface area contributed by atoms with E-state index >= 15 is 0 Å². The summed E-state index contributed by atoms with van der Waals surface area (Å²) in [6.45, 7) is 3.49. The van der Waals surface area contributed by atoms with Crippen molar-refractivity contribution in [2.75, 3.05) is 12.4 Å². The van der Waals surface area contributed by atoms with Gasteiger partial charge in [-0.2, -0.15) is 0 Å². The molecule has 0 heterocycles. The first-order valence-corrected chi connectivity index (χ1v) is 8.30. The van der Waals surface area contributed by atoms with Crippen LogP contribution in [0.1, 0.15) is 39.5 Å². The highest BCUT2D eigenvalue weighted by Crippen LogP contribution is 2.21. The lowest BCUT2D eigenvalue weighted by atomic mass is 10.2. The van der Waals surface area contributed by atoms with Gasteiger partial charge in [0, 0.05) is 0 Å². The molecule has 19 heavy (non-hydrogen) atoms. The lowest BCUT2D eigenvalue weighted by molar-refractivity contribution is -0.138. The summed E-state index contributed by atoms with van der Waals surface area (Å²) in [6.07, 6.45) is 4.71. The van der Waals surface area contributed by atoms with Crippen LogP contribution < -0.4 is 4.72 Å². The molecule has 1 unspecified atom stereocenters. The van der Waals surface area contributed by atoms with Crippen molar-refractivity contribution in [2.45, 2.75) is 51.7 Å². The monoisotopic (exact) mass is 293 g/mol. The van der Waals surface area contributed by atoms with Crippen molar-refractivity contribution < 1.29 is 23.1 Å². The Hall–Kier alpha value is -0.660. The number of carboxylic acid groups (broad SMARTS) is 1. The summed E-state index contributed by atoms with van der Waals surface area (Å²) < 4.78 is 31.2. The highest BCUT2D eigenvalue weighted by Gasteiger charge is 2.23. The Morgan fingerprint density at radius 3 is 2.47 bits per heavy atom. The maximum absolute atomic E-state index is 11.7. The van der Waals surface area contributed by atoms with Crippen LogP contribution in [0.3, 0.4) is 0 Å². The third kappa shape index (κ3) is 6.35. The second kappa shape index (κ2) is 7.21. The number of nitrogens with one attached hydrogen (secondary N) is 1. The summed E-state index contributed by atoms with van der Waals surface area (Å²) in [4.78, 5) is 10.6. The molecule has 0 amide bonds. The molecular weight excluding hydrogens is 270 g/mol. The van der Waals surface area contributed by atoms with E-state index in [9.17, 15) is 13.2 Å². The molecule has 1 saturated carbocycles. The topological polar surface area (TPSA) is 92.7 Å². The maximum Gasteiger partial charge on any atom is 0.321 e. The molecule has 0 aromatic heterocycles. The van der Waals surface area contributed by atoms with E-state index in [-0.39, 0.29) is 17.8 Å². The number of carboxylic acids is 1. The van der Waals surface area contributed by atoms with Crippen LogP contribution in [0, 0.1) is 5.92 Å². The molecule has 2 N–H and O–H groups in total. The fourth-order valence-corrected chi connectivity index (χ4v) is 3.73. The summed E-state index contributed by atoms with van der Waals surface area (Å²) in [5, 5.41) is 8.67. The number of hydrogen-bond acceptors (Lipinski definition) is 4. The van der Waals surface area contributed by atoms with E-state index < -0.39 is 22.0 Å². The molecular formula is C12H23NO5S. The smallest absolute Gasteiger partial charge is 0.321 e. The molecule has 0 spiro atoms. The van der Waals surface area contributed by atoms with Crippen LogP contribution in [0.4, 0.5) is 0 Å².